The summed E-state index contributed by atoms with van der Waals surface area (Å²) in [6, 6.07) is 15.3. The zero-order chi connectivity index (χ0) is 24.9. The number of carbonyl (C=O) groups excluding carboxylic acids is 2. The van der Waals surface area contributed by atoms with Gasteiger partial charge in [0.15, 0.2) is 0 Å². The van der Waals surface area contributed by atoms with E-state index < -0.39 is 12.2 Å². The van der Waals surface area contributed by atoms with Gasteiger partial charge in [-0.3, -0.25) is 4.79 Å². The molecule has 192 valence electrons. The minimum Gasteiger partial charge on any atom is -0.484 e. The van der Waals surface area contributed by atoms with Crippen molar-refractivity contribution in [1.29, 1.82) is 0 Å². The van der Waals surface area contributed by atoms with Crippen LogP contribution in [0.4, 0.5) is 0 Å². The number of rotatable bonds is 9. The molecule has 2 saturated heterocycles. The van der Waals surface area contributed by atoms with Crippen molar-refractivity contribution in [1.82, 2.24) is 10.6 Å². The van der Waals surface area contributed by atoms with Gasteiger partial charge in [-0.1, -0.05) is 24.3 Å². The largest absolute Gasteiger partial charge is 0.484 e. The van der Waals surface area contributed by atoms with Crippen LogP contribution in [0.15, 0.2) is 48.5 Å². The first kappa shape index (κ1) is 24.8. The van der Waals surface area contributed by atoms with E-state index in [1.165, 1.54) is 18.4 Å². The maximum atomic E-state index is 12.7. The predicted octanol–water partition coefficient (Wildman–Crippen LogP) is 4.28. The van der Waals surface area contributed by atoms with Crippen molar-refractivity contribution in [3.63, 3.8) is 0 Å². The molecule has 36 heavy (non-hydrogen) atoms. The highest BCUT2D eigenvalue weighted by Crippen LogP contribution is 2.40. The van der Waals surface area contributed by atoms with E-state index in [1.807, 2.05) is 6.92 Å². The van der Waals surface area contributed by atoms with Crippen LogP contribution in [-0.2, 0) is 14.3 Å². The standard InChI is InChI=1S/C29H36N2O5/c1-19(31-28(32)26-5-3-17-34-26)27(22-10-8-21(9-11-22)20-6-7-20)35-24-14-12-23(13-15-24)29(33)36-25-4-2-16-30-18-25/h8-15,19-20,25-27,30H,2-7,16-18H2,1H3,(H,31,32)/t19-,25-,26-,27-/m0/s1. The molecule has 0 radical (unpaired) electrons. The Bertz CT molecular complexity index is 1020. The number of ether oxygens (including phenoxy) is 3. The zero-order valence-corrected chi connectivity index (χ0v) is 20.9. The average molecular weight is 493 g/mol. The summed E-state index contributed by atoms with van der Waals surface area (Å²) >= 11 is 0. The molecule has 1 aliphatic carbocycles. The van der Waals surface area contributed by atoms with E-state index in [2.05, 4.69) is 34.9 Å². The maximum Gasteiger partial charge on any atom is 0.338 e. The molecule has 0 aromatic heterocycles. The molecular formula is C29H36N2O5. The number of carbonyl (C=O) groups is 2. The van der Waals surface area contributed by atoms with Crippen LogP contribution in [0, 0.1) is 0 Å². The molecule has 0 unspecified atom stereocenters. The third kappa shape index (κ3) is 6.26. The fraction of sp³-hybridized carbons (Fsp3) is 0.517. The first-order chi connectivity index (χ1) is 17.6. The number of benzene rings is 2. The molecule has 2 aromatic rings. The van der Waals surface area contributed by atoms with Crippen LogP contribution in [-0.4, -0.2) is 49.8 Å². The Balaban J connectivity index is 1.27. The lowest BCUT2D eigenvalue weighted by atomic mass is 10.00. The summed E-state index contributed by atoms with van der Waals surface area (Å²) in [6.45, 7) is 4.25. The Morgan fingerprint density at radius 2 is 1.78 bits per heavy atom. The number of amides is 1. The van der Waals surface area contributed by atoms with Gasteiger partial charge < -0.3 is 24.8 Å². The molecule has 7 nitrogen and oxygen atoms in total. The van der Waals surface area contributed by atoms with Gasteiger partial charge in [0.25, 0.3) is 0 Å². The lowest BCUT2D eigenvalue weighted by molar-refractivity contribution is -0.131. The maximum absolute atomic E-state index is 12.7. The average Bonchev–Trinajstić information content (AvgIpc) is 3.61. The summed E-state index contributed by atoms with van der Waals surface area (Å²) < 4.78 is 17.6. The Morgan fingerprint density at radius 1 is 1.00 bits per heavy atom. The van der Waals surface area contributed by atoms with Gasteiger partial charge in [0.05, 0.1) is 11.6 Å². The van der Waals surface area contributed by atoms with Gasteiger partial charge in [-0.2, -0.15) is 0 Å². The van der Waals surface area contributed by atoms with E-state index in [4.69, 9.17) is 14.2 Å². The molecule has 7 heteroatoms. The second-order valence-corrected chi connectivity index (χ2v) is 10.2. The van der Waals surface area contributed by atoms with Crippen LogP contribution in [0.3, 0.4) is 0 Å². The van der Waals surface area contributed by atoms with Gasteiger partial charge in [-0.15, -0.1) is 0 Å². The molecule has 5 rings (SSSR count). The van der Waals surface area contributed by atoms with Gasteiger partial charge in [-0.05, 0) is 93.3 Å². The summed E-state index contributed by atoms with van der Waals surface area (Å²) in [5.41, 5.74) is 2.84. The van der Waals surface area contributed by atoms with Crippen molar-refractivity contribution >= 4 is 11.9 Å². The second kappa shape index (κ2) is 11.4. The van der Waals surface area contributed by atoms with Crippen molar-refractivity contribution in [3.05, 3.63) is 65.2 Å². The predicted molar refractivity (Wildman–Crippen MR) is 136 cm³/mol. The first-order valence-electron chi connectivity index (χ1n) is 13.3. The fourth-order valence-corrected chi connectivity index (χ4v) is 4.97. The fourth-order valence-electron chi connectivity index (χ4n) is 4.97. The molecule has 1 saturated carbocycles. The van der Waals surface area contributed by atoms with Gasteiger partial charge in [0.2, 0.25) is 5.91 Å². The lowest BCUT2D eigenvalue weighted by Gasteiger charge is -2.27. The van der Waals surface area contributed by atoms with Crippen LogP contribution in [0.2, 0.25) is 0 Å². The SMILES string of the molecule is C[C@H](NC(=O)[C@@H]1CCCO1)[C@H](Oc1ccc(C(=O)O[C@H]2CCCNC2)cc1)c1ccc(C2CC2)cc1. The van der Waals surface area contributed by atoms with Gasteiger partial charge in [-0.25, -0.2) is 4.79 Å². The van der Waals surface area contributed by atoms with E-state index in [0.717, 1.165) is 37.8 Å². The van der Waals surface area contributed by atoms with Crippen molar-refractivity contribution in [2.24, 2.45) is 0 Å². The normalized spacial score (nSPS) is 23.5. The van der Waals surface area contributed by atoms with Crippen LogP contribution in [0.1, 0.15) is 79.0 Å². The van der Waals surface area contributed by atoms with Gasteiger partial charge >= 0.3 is 5.97 Å². The van der Waals surface area contributed by atoms with Gasteiger partial charge in [0.1, 0.15) is 24.1 Å². The van der Waals surface area contributed by atoms with Crippen LogP contribution in [0.25, 0.3) is 0 Å². The quantitative estimate of drug-likeness (QED) is 0.509. The Morgan fingerprint density at radius 3 is 2.42 bits per heavy atom. The van der Waals surface area contributed by atoms with Crippen LogP contribution >= 0.6 is 0 Å². The number of nitrogens with one attached hydrogen (secondary N) is 2. The van der Waals surface area contributed by atoms with Gasteiger partial charge in [0, 0.05) is 13.2 Å². The molecule has 0 bridgehead atoms. The molecule has 0 spiro atoms. The van der Waals surface area contributed by atoms with E-state index in [9.17, 15) is 9.59 Å². The smallest absolute Gasteiger partial charge is 0.338 e. The number of hydrogen-bond acceptors (Lipinski definition) is 6. The molecule has 2 aliphatic heterocycles. The summed E-state index contributed by atoms with van der Waals surface area (Å²) in [4.78, 5) is 25.3. The molecular weight excluding hydrogens is 456 g/mol. The highest BCUT2D eigenvalue weighted by Gasteiger charge is 2.30. The zero-order valence-electron chi connectivity index (χ0n) is 20.9. The molecule has 4 atom stereocenters. The highest BCUT2D eigenvalue weighted by atomic mass is 16.5. The second-order valence-electron chi connectivity index (χ2n) is 10.2. The third-order valence-electron chi connectivity index (χ3n) is 7.24. The molecule has 2 N–H and O–H groups in total. The first-order valence-corrected chi connectivity index (χ1v) is 13.3. The van der Waals surface area contributed by atoms with Crippen molar-refractivity contribution in [2.45, 2.75) is 75.7 Å². The Labute approximate surface area is 212 Å². The summed E-state index contributed by atoms with van der Waals surface area (Å²) in [5, 5.41) is 6.35. The summed E-state index contributed by atoms with van der Waals surface area (Å²) in [7, 11) is 0. The topological polar surface area (TPSA) is 85.9 Å². The van der Waals surface area contributed by atoms with E-state index >= 15 is 0 Å². The number of hydrogen-bond donors (Lipinski definition) is 2. The minimum atomic E-state index is -0.394. The number of esters is 1. The molecule has 3 fully saturated rings. The Hall–Kier alpha value is -2.90. The Kier molecular flexibility index (Phi) is 7.87. The monoisotopic (exact) mass is 492 g/mol. The summed E-state index contributed by atoms with van der Waals surface area (Å²) in [5.74, 6) is 0.880. The van der Waals surface area contributed by atoms with E-state index in [1.54, 1.807) is 24.3 Å². The molecule has 2 aromatic carbocycles. The highest BCUT2D eigenvalue weighted by molar-refractivity contribution is 5.89. The molecule has 2 heterocycles. The van der Waals surface area contributed by atoms with E-state index in [-0.39, 0.29) is 24.0 Å². The molecule has 3 aliphatic rings. The minimum absolute atomic E-state index is 0.0847. The lowest BCUT2D eigenvalue weighted by Crippen LogP contribution is -2.44. The third-order valence-corrected chi connectivity index (χ3v) is 7.24. The summed E-state index contributed by atoms with van der Waals surface area (Å²) in [6.07, 6.45) is 5.17. The molecule has 1 amide bonds. The van der Waals surface area contributed by atoms with Crippen LogP contribution < -0.4 is 15.4 Å². The van der Waals surface area contributed by atoms with Crippen molar-refractivity contribution in [3.8, 4) is 5.75 Å². The van der Waals surface area contributed by atoms with Crippen LogP contribution in [0.5, 0.6) is 5.75 Å². The number of piperidine rings is 1. The van der Waals surface area contributed by atoms with Crippen molar-refractivity contribution < 1.29 is 23.8 Å². The van der Waals surface area contributed by atoms with E-state index in [0.29, 0.717) is 30.4 Å². The van der Waals surface area contributed by atoms with Crippen molar-refractivity contribution in [2.75, 3.05) is 19.7 Å².